The number of esters is 1. The van der Waals surface area contributed by atoms with Crippen molar-refractivity contribution in [2.75, 3.05) is 13.7 Å². The molecule has 2 aromatic carbocycles. The van der Waals surface area contributed by atoms with Crippen LogP contribution in [-0.2, 0) is 22.3 Å². The summed E-state index contributed by atoms with van der Waals surface area (Å²) >= 11 is 0. The number of halogens is 3. The summed E-state index contributed by atoms with van der Waals surface area (Å²) < 4.78 is 48.9. The van der Waals surface area contributed by atoms with E-state index in [1.165, 1.54) is 13.2 Å². The van der Waals surface area contributed by atoms with Crippen molar-refractivity contribution in [2.45, 2.75) is 25.2 Å². The molecule has 0 aliphatic heterocycles. The molecule has 0 aliphatic carbocycles. The zero-order valence-electron chi connectivity index (χ0n) is 14.5. The van der Waals surface area contributed by atoms with Crippen LogP contribution < -0.4 is 10.1 Å². The van der Waals surface area contributed by atoms with E-state index in [0.29, 0.717) is 11.3 Å². The van der Waals surface area contributed by atoms with E-state index in [9.17, 15) is 18.0 Å². The summed E-state index contributed by atoms with van der Waals surface area (Å²) in [5.41, 5.74) is -1.56. The molecule has 140 valence electrons. The number of ether oxygens (including phenoxy) is 2. The molecule has 0 amide bonds. The summed E-state index contributed by atoms with van der Waals surface area (Å²) in [4.78, 5) is 12.2. The average Bonchev–Trinajstić information content (AvgIpc) is 2.64. The second kappa shape index (κ2) is 8.23. The van der Waals surface area contributed by atoms with Crippen LogP contribution in [0, 0.1) is 0 Å². The fourth-order valence-electron chi connectivity index (χ4n) is 2.31. The maximum atomic E-state index is 12.8. The third-order valence-electron chi connectivity index (χ3n) is 3.84. The number of methoxy groups -OCH3 is 1. The predicted octanol–water partition coefficient (Wildman–Crippen LogP) is 3.81. The van der Waals surface area contributed by atoms with E-state index in [2.05, 4.69) is 5.32 Å². The van der Waals surface area contributed by atoms with Gasteiger partial charge >= 0.3 is 12.1 Å². The van der Waals surface area contributed by atoms with Gasteiger partial charge < -0.3 is 9.47 Å². The van der Waals surface area contributed by atoms with Gasteiger partial charge in [0.1, 0.15) is 17.9 Å². The summed E-state index contributed by atoms with van der Waals surface area (Å²) in [6, 6.07) is 13.8. The van der Waals surface area contributed by atoms with Crippen LogP contribution in [0.15, 0.2) is 54.6 Å². The minimum absolute atomic E-state index is 0.0390. The second-order valence-electron chi connectivity index (χ2n) is 5.98. The molecule has 0 radical (unpaired) electrons. The van der Waals surface area contributed by atoms with Crippen molar-refractivity contribution in [1.82, 2.24) is 5.32 Å². The fraction of sp³-hybridized carbons (Fsp3) is 0.316. The van der Waals surface area contributed by atoms with Gasteiger partial charge in [-0.1, -0.05) is 36.4 Å². The maximum Gasteiger partial charge on any atom is 0.416 e. The van der Waals surface area contributed by atoms with Gasteiger partial charge in [0.2, 0.25) is 0 Å². The summed E-state index contributed by atoms with van der Waals surface area (Å²) in [6.07, 6.45) is -4.42. The zero-order chi connectivity index (χ0) is 19.2. The molecule has 0 heterocycles. The summed E-state index contributed by atoms with van der Waals surface area (Å²) in [5.74, 6) is 0.00361. The SMILES string of the molecule is COC(=O)C(C)(COc1ccccc1)NCc1cccc(C(F)(F)F)c1. The molecule has 0 fully saturated rings. The Morgan fingerprint density at radius 3 is 2.38 bits per heavy atom. The Morgan fingerprint density at radius 2 is 1.77 bits per heavy atom. The highest BCUT2D eigenvalue weighted by atomic mass is 19.4. The van der Waals surface area contributed by atoms with Crippen LogP contribution in [0.1, 0.15) is 18.1 Å². The average molecular weight is 367 g/mol. The van der Waals surface area contributed by atoms with Gasteiger partial charge in [0.05, 0.1) is 12.7 Å². The van der Waals surface area contributed by atoms with Crippen LogP contribution in [0.2, 0.25) is 0 Å². The monoisotopic (exact) mass is 367 g/mol. The van der Waals surface area contributed by atoms with Crippen molar-refractivity contribution in [3.63, 3.8) is 0 Å². The third kappa shape index (κ3) is 5.23. The standard InChI is InChI=1S/C19H20F3NO3/c1-18(17(24)25-2,13-26-16-9-4-3-5-10-16)23-12-14-7-6-8-15(11-14)19(20,21)22/h3-11,23H,12-13H2,1-2H3. The van der Waals surface area contributed by atoms with E-state index in [1.807, 2.05) is 6.07 Å². The van der Waals surface area contributed by atoms with E-state index in [4.69, 9.17) is 9.47 Å². The summed E-state index contributed by atoms with van der Waals surface area (Å²) in [5, 5.41) is 2.95. The number of benzene rings is 2. The Morgan fingerprint density at radius 1 is 1.08 bits per heavy atom. The Kier molecular flexibility index (Phi) is 6.26. The van der Waals surface area contributed by atoms with Crippen LogP contribution in [0.5, 0.6) is 5.75 Å². The molecule has 0 aromatic heterocycles. The van der Waals surface area contributed by atoms with Crippen molar-refractivity contribution >= 4 is 5.97 Å². The van der Waals surface area contributed by atoms with Gasteiger partial charge in [-0.3, -0.25) is 5.32 Å². The van der Waals surface area contributed by atoms with Crippen LogP contribution in [-0.4, -0.2) is 25.2 Å². The van der Waals surface area contributed by atoms with Crippen LogP contribution in [0.3, 0.4) is 0 Å². The second-order valence-corrected chi connectivity index (χ2v) is 5.98. The van der Waals surface area contributed by atoms with E-state index < -0.39 is 23.2 Å². The van der Waals surface area contributed by atoms with Crippen molar-refractivity contribution < 1.29 is 27.4 Å². The normalized spacial score (nSPS) is 13.7. The Balaban J connectivity index is 2.09. The van der Waals surface area contributed by atoms with Gasteiger partial charge in [-0.15, -0.1) is 0 Å². The molecule has 2 rings (SSSR count). The lowest BCUT2D eigenvalue weighted by Gasteiger charge is -2.28. The van der Waals surface area contributed by atoms with Gasteiger partial charge in [-0.25, -0.2) is 4.79 Å². The Hall–Kier alpha value is -2.54. The lowest BCUT2D eigenvalue weighted by Crippen LogP contribution is -2.54. The Bertz CT molecular complexity index is 734. The lowest BCUT2D eigenvalue weighted by molar-refractivity contribution is -0.149. The van der Waals surface area contributed by atoms with Gasteiger partial charge in [0.15, 0.2) is 0 Å². The molecular formula is C19H20F3NO3. The molecule has 1 atom stereocenters. The maximum absolute atomic E-state index is 12.8. The number of rotatable bonds is 7. The molecule has 7 heteroatoms. The minimum atomic E-state index is -4.42. The zero-order valence-corrected chi connectivity index (χ0v) is 14.5. The van der Waals surface area contributed by atoms with Crippen molar-refractivity contribution in [3.05, 3.63) is 65.7 Å². The van der Waals surface area contributed by atoms with Crippen molar-refractivity contribution in [1.29, 1.82) is 0 Å². The largest absolute Gasteiger partial charge is 0.491 e. The molecule has 4 nitrogen and oxygen atoms in total. The van der Waals surface area contributed by atoms with Crippen LogP contribution in [0.4, 0.5) is 13.2 Å². The third-order valence-corrected chi connectivity index (χ3v) is 3.84. The van der Waals surface area contributed by atoms with E-state index in [-0.39, 0.29) is 13.2 Å². The van der Waals surface area contributed by atoms with E-state index in [1.54, 1.807) is 37.3 Å². The molecule has 0 spiro atoms. The number of nitrogens with one attached hydrogen (secondary N) is 1. The van der Waals surface area contributed by atoms with Crippen molar-refractivity contribution in [3.8, 4) is 5.75 Å². The number of carbonyl (C=O) groups is 1. The van der Waals surface area contributed by atoms with Gasteiger partial charge in [0, 0.05) is 6.54 Å². The quantitative estimate of drug-likeness (QED) is 0.756. The van der Waals surface area contributed by atoms with E-state index >= 15 is 0 Å². The lowest BCUT2D eigenvalue weighted by atomic mass is 10.0. The summed E-state index contributed by atoms with van der Waals surface area (Å²) in [7, 11) is 1.25. The first-order valence-electron chi connectivity index (χ1n) is 7.92. The molecule has 0 aliphatic rings. The molecule has 0 saturated carbocycles. The molecule has 0 saturated heterocycles. The number of carbonyl (C=O) groups excluding carboxylic acids is 1. The summed E-state index contributed by atoms with van der Waals surface area (Å²) in [6.45, 7) is 1.59. The van der Waals surface area contributed by atoms with Gasteiger partial charge in [0.25, 0.3) is 0 Å². The predicted molar refractivity (Wildman–Crippen MR) is 90.6 cm³/mol. The smallest absolute Gasteiger partial charge is 0.416 e. The first-order chi connectivity index (χ1) is 12.2. The minimum Gasteiger partial charge on any atom is -0.491 e. The highest BCUT2D eigenvalue weighted by Crippen LogP contribution is 2.29. The molecule has 1 N–H and O–H groups in total. The number of hydrogen-bond donors (Lipinski definition) is 1. The van der Waals surface area contributed by atoms with Crippen LogP contribution >= 0.6 is 0 Å². The molecule has 1 unspecified atom stereocenters. The number of alkyl halides is 3. The number of para-hydroxylation sites is 1. The highest BCUT2D eigenvalue weighted by molar-refractivity contribution is 5.80. The van der Waals surface area contributed by atoms with Gasteiger partial charge in [-0.05, 0) is 30.7 Å². The fourth-order valence-corrected chi connectivity index (χ4v) is 2.31. The first-order valence-corrected chi connectivity index (χ1v) is 7.92. The molecule has 26 heavy (non-hydrogen) atoms. The van der Waals surface area contributed by atoms with Gasteiger partial charge in [-0.2, -0.15) is 13.2 Å². The van der Waals surface area contributed by atoms with Crippen LogP contribution in [0.25, 0.3) is 0 Å². The molecular weight excluding hydrogens is 347 g/mol. The Labute approximate surface area is 149 Å². The van der Waals surface area contributed by atoms with E-state index in [0.717, 1.165) is 12.1 Å². The topological polar surface area (TPSA) is 47.6 Å². The molecule has 2 aromatic rings. The highest BCUT2D eigenvalue weighted by Gasteiger charge is 2.35. The number of hydrogen-bond acceptors (Lipinski definition) is 4. The first kappa shape index (κ1) is 19.8. The van der Waals surface area contributed by atoms with Crippen molar-refractivity contribution in [2.24, 2.45) is 0 Å². The molecule has 0 bridgehead atoms.